The molecule has 1 fully saturated rings. The SMILES string of the molecule is CCC1CCN(c2ncnc(Cl)c2C=O)CC1. The summed E-state index contributed by atoms with van der Waals surface area (Å²) >= 11 is 5.90. The molecule has 0 spiro atoms. The summed E-state index contributed by atoms with van der Waals surface area (Å²) in [4.78, 5) is 21.2. The molecule has 5 heteroatoms. The van der Waals surface area contributed by atoms with Crippen molar-refractivity contribution >= 4 is 23.7 Å². The number of carbonyl (C=O) groups is 1. The van der Waals surface area contributed by atoms with Crippen LogP contribution < -0.4 is 4.90 Å². The Labute approximate surface area is 106 Å². The Bertz CT molecular complexity index is 403. The third kappa shape index (κ3) is 2.57. The summed E-state index contributed by atoms with van der Waals surface area (Å²) in [6.07, 6.45) is 5.67. The van der Waals surface area contributed by atoms with Gasteiger partial charge in [0.05, 0.1) is 5.56 Å². The summed E-state index contributed by atoms with van der Waals surface area (Å²) in [6, 6.07) is 0. The van der Waals surface area contributed by atoms with Gasteiger partial charge in [-0.05, 0) is 18.8 Å². The molecule has 0 radical (unpaired) electrons. The smallest absolute Gasteiger partial charge is 0.156 e. The van der Waals surface area contributed by atoms with Crippen molar-refractivity contribution in [2.24, 2.45) is 5.92 Å². The van der Waals surface area contributed by atoms with Gasteiger partial charge in [-0.2, -0.15) is 0 Å². The monoisotopic (exact) mass is 253 g/mol. The molecule has 0 N–H and O–H groups in total. The highest BCUT2D eigenvalue weighted by molar-refractivity contribution is 6.32. The van der Waals surface area contributed by atoms with Crippen molar-refractivity contribution in [3.63, 3.8) is 0 Å². The van der Waals surface area contributed by atoms with E-state index in [1.165, 1.54) is 12.7 Å². The number of rotatable bonds is 3. The average molecular weight is 254 g/mol. The number of aldehydes is 1. The summed E-state index contributed by atoms with van der Waals surface area (Å²) < 4.78 is 0. The fraction of sp³-hybridized carbons (Fsp3) is 0.583. The molecule has 92 valence electrons. The van der Waals surface area contributed by atoms with Gasteiger partial charge in [0.2, 0.25) is 0 Å². The number of anilines is 1. The number of nitrogens with zero attached hydrogens (tertiary/aromatic N) is 3. The fourth-order valence-corrected chi connectivity index (χ4v) is 2.44. The first-order valence-corrected chi connectivity index (χ1v) is 6.34. The van der Waals surface area contributed by atoms with E-state index in [0.717, 1.165) is 38.1 Å². The van der Waals surface area contributed by atoms with Crippen molar-refractivity contribution in [3.05, 3.63) is 17.0 Å². The maximum Gasteiger partial charge on any atom is 0.156 e. The number of aromatic nitrogens is 2. The first-order chi connectivity index (χ1) is 8.26. The minimum atomic E-state index is 0.239. The molecule has 0 aromatic carbocycles. The van der Waals surface area contributed by atoms with Crippen LogP contribution in [0.15, 0.2) is 6.33 Å². The predicted octanol–water partition coefficient (Wildman–Crippen LogP) is 2.57. The maximum absolute atomic E-state index is 11.0. The van der Waals surface area contributed by atoms with Gasteiger partial charge < -0.3 is 4.90 Å². The molecule has 1 aromatic rings. The Balaban J connectivity index is 2.18. The van der Waals surface area contributed by atoms with Crippen molar-refractivity contribution in [2.75, 3.05) is 18.0 Å². The largest absolute Gasteiger partial charge is 0.356 e. The Kier molecular flexibility index (Phi) is 3.94. The van der Waals surface area contributed by atoms with Crippen LogP contribution in [-0.4, -0.2) is 29.3 Å². The molecule has 0 aliphatic carbocycles. The van der Waals surface area contributed by atoms with Crippen LogP contribution in [-0.2, 0) is 0 Å². The van der Waals surface area contributed by atoms with Crippen LogP contribution in [0.5, 0.6) is 0 Å². The van der Waals surface area contributed by atoms with Crippen LogP contribution in [0.4, 0.5) is 5.82 Å². The van der Waals surface area contributed by atoms with E-state index in [1.807, 2.05) is 0 Å². The van der Waals surface area contributed by atoms with E-state index >= 15 is 0 Å². The van der Waals surface area contributed by atoms with Gasteiger partial charge in [-0.3, -0.25) is 4.79 Å². The van der Waals surface area contributed by atoms with Crippen molar-refractivity contribution < 1.29 is 4.79 Å². The van der Waals surface area contributed by atoms with Crippen molar-refractivity contribution in [3.8, 4) is 0 Å². The van der Waals surface area contributed by atoms with Crippen molar-refractivity contribution in [1.29, 1.82) is 0 Å². The lowest BCUT2D eigenvalue weighted by atomic mass is 9.94. The Morgan fingerprint density at radius 1 is 1.47 bits per heavy atom. The molecule has 0 atom stereocenters. The van der Waals surface area contributed by atoms with Gasteiger partial charge in [0.1, 0.15) is 17.3 Å². The summed E-state index contributed by atoms with van der Waals surface area (Å²) in [5, 5.41) is 0.239. The second-order valence-corrected chi connectivity index (χ2v) is 4.72. The van der Waals surface area contributed by atoms with E-state index in [0.29, 0.717) is 11.4 Å². The first kappa shape index (κ1) is 12.3. The minimum Gasteiger partial charge on any atom is -0.356 e. The maximum atomic E-state index is 11.0. The Morgan fingerprint density at radius 2 is 2.18 bits per heavy atom. The van der Waals surface area contributed by atoms with E-state index in [1.54, 1.807) is 0 Å². The van der Waals surface area contributed by atoms with Gasteiger partial charge in [-0.25, -0.2) is 9.97 Å². The molecule has 0 bridgehead atoms. The molecule has 0 unspecified atom stereocenters. The van der Waals surface area contributed by atoms with Gasteiger partial charge in [0.15, 0.2) is 6.29 Å². The molecule has 1 aliphatic heterocycles. The molecule has 2 rings (SSSR count). The predicted molar refractivity (Wildman–Crippen MR) is 67.7 cm³/mol. The molecular weight excluding hydrogens is 238 g/mol. The number of hydrogen-bond acceptors (Lipinski definition) is 4. The number of piperidine rings is 1. The second-order valence-electron chi connectivity index (χ2n) is 4.36. The number of carbonyl (C=O) groups excluding carboxylic acids is 1. The lowest BCUT2D eigenvalue weighted by Gasteiger charge is -2.32. The van der Waals surface area contributed by atoms with Crippen LogP contribution in [0.3, 0.4) is 0 Å². The summed E-state index contributed by atoms with van der Waals surface area (Å²) in [5.41, 5.74) is 0.407. The van der Waals surface area contributed by atoms with E-state index in [2.05, 4.69) is 21.8 Å². The highest BCUT2D eigenvalue weighted by atomic mass is 35.5. The average Bonchev–Trinajstić information content (AvgIpc) is 2.38. The van der Waals surface area contributed by atoms with Crippen molar-refractivity contribution in [1.82, 2.24) is 9.97 Å². The van der Waals surface area contributed by atoms with Gasteiger partial charge in [0, 0.05) is 13.1 Å². The highest BCUT2D eigenvalue weighted by Gasteiger charge is 2.22. The minimum absolute atomic E-state index is 0.239. The fourth-order valence-electron chi connectivity index (χ4n) is 2.27. The summed E-state index contributed by atoms with van der Waals surface area (Å²) in [5.74, 6) is 1.47. The molecule has 1 saturated heterocycles. The second kappa shape index (κ2) is 5.45. The molecule has 2 heterocycles. The van der Waals surface area contributed by atoms with Gasteiger partial charge >= 0.3 is 0 Å². The highest BCUT2D eigenvalue weighted by Crippen LogP contribution is 2.27. The zero-order chi connectivity index (χ0) is 12.3. The molecule has 0 amide bonds. The number of hydrogen-bond donors (Lipinski definition) is 0. The molecular formula is C12H16ClN3O. The van der Waals surface area contributed by atoms with Crippen LogP contribution >= 0.6 is 11.6 Å². The molecule has 4 nitrogen and oxygen atoms in total. The summed E-state index contributed by atoms with van der Waals surface area (Å²) in [6.45, 7) is 4.10. The third-order valence-corrected chi connectivity index (χ3v) is 3.72. The van der Waals surface area contributed by atoms with Crippen LogP contribution in [0.25, 0.3) is 0 Å². The Morgan fingerprint density at radius 3 is 2.76 bits per heavy atom. The van der Waals surface area contributed by atoms with Gasteiger partial charge in [0.25, 0.3) is 0 Å². The quantitative estimate of drug-likeness (QED) is 0.614. The van der Waals surface area contributed by atoms with Crippen molar-refractivity contribution in [2.45, 2.75) is 26.2 Å². The van der Waals surface area contributed by atoms with Crippen LogP contribution in [0, 0.1) is 5.92 Å². The zero-order valence-electron chi connectivity index (χ0n) is 9.90. The topological polar surface area (TPSA) is 46.1 Å². The van der Waals surface area contributed by atoms with E-state index < -0.39 is 0 Å². The zero-order valence-corrected chi connectivity index (χ0v) is 10.7. The van der Waals surface area contributed by atoms with Crippen LogP contribution in [0.2, 0.25) is 5.15 Å². The lowest BCUT2D eigenvalue weighted by Crippen LogP contribution is -2.34. The van der Waals surface area contributed by atoms with E-state index in [4.69, 9.17) is 11.6 Å². The number of halogens is 1. The van der Waals surface area contributed by atoms with E-state index in [9.17, 15) is 4.79 Å². The normalized spacial score (nSPS) is 17.2. The molecule has 0 saturated carbocycles. The Hall–Kier alpha value is -1.16. The molecule has 17 heavy (non-hydrogen) atoms. The van der Waals surface area contributed by atoms with E-state index in [-0.39, 0.29) is 5.15 Å². The standard InChI is InChI=1S/C12H16ClN3O/c1-2-9-3-5-16(6-4-9)12-10(7-17)11(13)14-8-15-12/h7-9H,2-6H2,1H3. The van der Waals surface area contributed by atoms with Crippen LogP contribution in [0.1, 0.15) is 36.5 Å². The molecule has 1 aromatic heterocycles. The van der Waals surface area contributed by atoms with Gasteiger partial charge in [-0.15, -0.1) is 0 Å². The van der Waals surface area contributed by atoms with Gasteiger partial charge in [-0.1, -0.05) is 24.9 Å². The first-order valence-electron chi connectivity index (χ1n) is 5.96. The summed E-state index contributed by atoms with van der Waals surface area (Å²) in [7, 11) is 0. The lowest BCUT2D eigenvalue weighted by molar-refractivity contribution is 0.112. The third-order valence-electron chi connectivity index (χ3n) is 3.42. The molecule has 1 aliphatic rings.